The Kier molecular flexibility index (Phi) is 3.77. The Hall–Kier alpha value is -2.11. The third-order valence-corrected chi connectivity index (χ3v) is 4.10. The van der Waals surface area contributed by atoms with E-state index in [2.05, 4.69) is 20.5 Å². The predicted octanol–water partition coefficient (Wildman–Crippen LogP) is 2.16. The summed E-state index contributed by atoms with van der Waals surface area (Å²) in [5.41, 5.74) is 1.70. The topological polar surface area (TPSA) is 83.8 Å². The highest BCUT2D eigenvalue weighted by Gasteiger charge is 2.28. The molecule has 6 nitrogen and oxygen atoms in total. The minimum Gasteiger partial charge on any atom is -0.426 e. The molecule has 21 heavy (non-hydrogen) atoms. The SMILES string of the molecule is Cc1nnc(C[C@@H]2CC[C@H](NC(=O)c3c[nH]cc3C)C2)o1. The summed E-state index contributed by atoms with van der Waals surface area (Å²) < 4.78 is 5.42. The number of aromatic nitrogens is 3. The van der Waals surface area contributed by atoms with Gasteiger partial charge in [0.2, 0.25) is 11.8 Å². The maximum atomic E-state index is 12.2. The molecule has 0 spiro atoms. The second-order valence-electron chi connectivity index (χ2n) is 5.82. The summed E-state index contributed by atoms with van der Waals surface area (Å²) in [6, 6.07) is 0.237. The van der Waals surface area contributed by atoms with Crippen LogP contribution in [0.15, 0.2) is 16.8 Å². The zero-order valence-electron chi connectivity index (χ0n) is 12.3. The second-order valence-corrected chi connectivity index (χ2v) is 5.82. The highest BCUT2D eigenvalue weighted by Crippen LogP contribution is 2.28. The number of rotatable bonds is 4. The van der Waals surface area contributed by atoms with Crippen molar-refractivity contribution in [3.05, 3.63) is 35.3 Å². The lowest BCUT2D eigenvalue weighted by Crippen LogP contribution is -2.33. The smallest absolute Gasteiger partial charge is 0.253 e. The van der Waals surface area contributed by atoms with Gasteiger partial charge in [-0.2, -0.15) is 0 Å². The third-order valence-electron chi connectivity index (χ3n) is 4.10. The van der Waals surface area contributed by atoms with Crippen LogP contribution in [0.3, 0.4) is 0 Å². The highest BCUT2D eigenvalue weighted by molar-refractivity contribution is 5.95. The Bertz CT molecular complexity index is 631. The number of nitrogens with one attached hydrogen (secondary N) is 2. The maximum Gasteiger partial charge on any atom is 0.253 e. The number of carbonyl (C=O) groups excluding carboxylic acids is 1. The summed E-state index contributed by atoms with van der Waals surface area (Å²) in [7, 11) is 0. The average Bonchev–Trinajstić information content (AvgIpc) is 3.13. The number of aryl methyl sites for hydroxylation is 2. The van der Waals surface area contributed by atoms with Crippen LogP contribution in [0.1, 0.15) is 47.0 Å². The quantitative estimate of drug-likeness (QED) is 0.903. The summed E-state index contributed by atoms with van der Waals surface area (Å²) >= 11 is 0. The van der Waals surface area contributed by atoms with Gasteiger partial charge in [0.05, 0.1) is 5.56 Å². The first kappa shape index (κ1) is 13.9. The molecule has 0 saturated heterocycles. The molecule has 1 saturated carbocycles. The Morgan fingerprint density at radius 3 is 2.90 bits per heavy atom. The molecule has 2 heterocycles. The number of hydrogen-bond donors (Lipinski definition) is 2. The minimum absolute atomic E-state index is 0.00744. The van der Waals surface area contributed by atoms with Gasteiger partial charge in [-0.3, -0.25) is 4.79 Å². The first-order chi connectivity index (χ1) is 10.1. The van der Waals surface area contributed by atoms with Crippen molar-refractivity contribution in [2.75, 3.05) is 0 Å². The van der Waals surface area contributed by atoms with E-state index < -0.39 is 0 Å². The maximum absolute atomic E-state index is 12.2. The van der Waals surface area contributed by atoms with E-state index in [4.69, 9.17) is 4.42 Å². The van der Waals surface area contributed by atoms with Crippen molar-refractivity contribution in [2.24, 2.45) is 5.92 Å². The standard InChI is InChI=1S/C15H20N4O2/c1-9-7-16-8-13(9)15(20)17-12-4-3-11(5-12)6-14-19-18-10(2)21-14/h7-8,11-12,16H,3-6H2,1-2H3,(H,17,20)/t11-,12+/m1/s1. The summed E-state index contributed by atoms with van der Waals surface area (Å²) in [5, 5.41) is 11.0. The first-order valence-corrected chi connectivity index (χ1v) is 7.35. The molecule has 0 unspecified atom stereocenters. The van der Waals surface area contributed by atoms with Crippen molar-refractivity contribution in [3.63, 3.8) is 0 Å². The van der Waals surface area contributed by atoms with Gasteiger partial charge >= 0.3 is 0 Å². The van der Waals surface area contributed by atoms with Crippen molar-refractivity contribution >= 4 is 5.91 Å². The van der Waals surface area contributed by atoms with Gasteiger partial charge in [0.15, 0.2) is 0 Å². The lowest BCUT2D eigenvalue weighted by molar-refractivity contribution is 0.0936. The van der Waals surface area contributed by atoms with Crippen LogP contribution in [0.5, 0.6) is 0 Å². The summed E-state index contributed by atoms with van der Waals surface area (Å²) in [6.45, 7) is 3.73. The summed E-state index contributed by atoms with van der Waals surface area (Å²) in [4.78, 5) is 15.1. The summed E-state index contributed by atoms with van der Waals surface area (Å²) in [5.74, 6) is 1.82. The van der Waals surface area contributed by atoms with E-state index in [0.29, 0.717) is 17.7 Å². The largest absolute Gasteiger partial charge is 0.426 e. The molecule has 2 aromatic rings. The zero-order valence-corrected chi connectivity index (χ0v) is 12.3. The van der Waals surface area contributed by atoms with Gasteiger partial charge in [0.1, 0.15) is 0 Å². The molecule has 0 aromatic carbocycles. The van der Waals surface area contributed by atoms with Gasteiger partial charge < -0.3 is 14.7 Å². The first-order valence-electron chi connectivity index (χ1n) is 7.35. The van der Waals surface area contributed by atoms with Crippen LogP contribution in [0.2, 0.25) is 0 Å². The minimum atomic E-state index is 0.00744. The van der Waals surface area contributed by atoms with E-state index in [0.717, 1.165) is 36.8 Å². The van der Waals surface area contributed by atoms with Crippen molar-refractivity contribution in [1.82, 2.24) is 20.5 Å². The molecular weight excluding hydrogens is 268 g/mol. The molecule has 0 aliphatic heterocycles. The zero-order chi connectivity index (χ0) is 14.8. The molecule has 0 radical (unpaired) electrons. The Morgan fingerprint density at radius 1 is 1.38 bits per heavy atom. The molecule has 2 N–H and O–H groups in total. The Morgan fingerprint density at radius 2 is 2.24 bits per heavy atom. The molecule has 1 fully saturated rings. The summed E-state index contributed by atoms with van der Waals surface area (Å²) in [6.07, 6.45) is 7.45. The van der Waals surface area contributed by atoms with Gasteiger partial charge in [0, 0.05) is 31.8 Å². The fourth-order valence-electron chi connectivity index (χ4n) is 3.01. The lowest BCUT2D eigenvalue weighted by atomic mass is 10.0. The molecule has 0 bridgehead atoms. The fraction of sp³-hybridized carbons (Fsp3) is 0.533. The van der Waals surface area contributed by atoms with Gasteiger partial charge in [0.25, 0.3) is 5.91 Å². The van der Waals surface area contributed by atoms with Crippen molar-refractivity contribution < 1.29 is 9.21 Å². The van der Waals surface area contributed by atoms with Gasteiger partial charge in [-0.15, -0.1) is 10.2 Å². The van der Waals surface area contributed by atoms with E-state index in [1.807, 2.05) is 13.1 Å². The van der Waals surface area contributed by atoms with Crippen molar-refractivity contribution in [1.29, 1.82) is 0 Å². The van der Waals surface area contributed by atoms with Gasteiger partial charge in [-0.25, -0.2) is 0 Å². The molecule has 1 aliphatic rings. The van der Waals surface area contributed by atoms with Crippen LogP contribution in [0, 0.1) is 19.8 Å². The number of aromatic amines is 1. The van der Waals surface area contributed by atoms with Crippen molar-refractivity contribution in [3.8, 4) is 0 Å². The molecule has 3 rings (SSSR count). The molecule has 6 heteroatoms. The highest BCUT2D eigenvalue weighted by atomic mass is 16.4. The van der Waals surface area contributed by atoms with Crippen LogP contribution in [0.25, 0.3) is 0 Å². The third kappa shape index (κ3) is 3.15. The molecule has 1 amide bonds. The van der Waals surface area contributed by atoms with Crippen molar-refractivity contribution in [2.45, 2.75) is 45.6 Å². The fourth-order valence-corrected chi connectivity index (χ4v) is 3.01. The van der Waals surface area contributed by atoms with E-state index in [9.17, 15) is 4.79 Å². The predicted molar refractivity (Wildman–Crippen MR) is 76.9 cm³/mol. The van der Waals surface area contributed by atoms with Crippen LogP contribution in [-0.2, 0) is 6.42 Å². The lowest BCUT2D eigenvalue weighted by Gasteiger charge is -2.12. The average molecular weight is 288 g/mol. The Balaban J connectivity index is 1.53. The molecule has 2 atom stereocenters. The number of amides is 1. The van der Waals surface area contributed by atoms with E-state index in [-0.39, 0.29) is 11.9 Å². The Labute approximate surface area is 123 Å². The second kappa shape index (κ2) is 5.71. The van der Waals surface area contributed by atoms with E-state index in [1.165, 1.54) is 0 Å². The number of carbonyl (C=O) groups is 1. The molecule has 112 valence electrons. The monoisotopic (exact) mass is 288 g/mol. The van der Waals surface area contributed by atoms with E-state index in [1.54, 1.807) is 13.1 Å². The molecule has 1 aliphatic carbocycles. The van der Waals surface area contributed by atoms with Crippen LogP contribution < -0.4 is 5.32 Å². The number of H-pyrrole nitrogens is 1. The van der Waals surface area contributed by atoms with Crippen LogP contribution in [0.4, 0.5) is 0 Å². The van der Waals surface area contributed by atoms with Gasteiger partial charge in [-0.05, 0) is 37.7 Å². The normalized spacial score (nSPS) is 21.6. The van der Waals surface area contributed by atoms with Crippen LogP contribution >= 0.6 is 0 Å². The van der Waals surface area contributed by atoms with E-state index >= 15 is 0 Å². The number of hydrogen-bond acceptors (Lipinski definition) is 4. The molecular formula is C15H20N4O2. The van der Waals surface area contributed by atoms with Gasteiger partial charge in [-0.1, -0.05) is 0 Å². The van der Waals surface area contributed by atoms with Crippen LogP contribution in [-0.4, -0.2) is 27.1 Å². The number of nitrogens with zero attached hydrogens (tertiary/aromatic N) is 2. The molecule has 2 aromatic heterocycles.